The predicted octanol–water partition coefficient (Wildman–Crippen LogP) is 7.10. The van der Waals surface area contributed by atoms with Gasteiger partial charge in [0.2, 0.25) is 0 Å². The summed E-state index contributed by atoms with van der Waals surface area (Å²) < 4.78 is 3.16. The van der Waals surface area contributed by atoms with E-state index in [1.165, 1.54) is 43.5 Å². The summed E-state index contributed by atoms with van der Waals surface area (Å²) in [6, 6.07) is 7.92. The Balaban J connectivity index is 1.05. The van der Waals surface area contributed by atoms with E-state index in [9.17, 15) is 9.59 Å². The van der Waals surface area contributed by atoms with Crippen LogP contribution in [0.1, 0.15) is 41.0 Å². The van der Waals surface area contributed by atoms with E-state index in [2.05, 4.69) is 44.3 Å². The van der Waals surface area contributed by atoms with Gasteiger partial charge in [0.15, 0.2) is 0 Å². The van der Waals surface area contributed by atoms with E-state index in [1.54, 1.807) is 6.20 Å². The van der Waals surface area contributed by atoms with E-state index in [0.29, 0.717) is 17.4 Å². The Morgan fingerprint density at radius 3 is 2.77 bits per heavy atom. The number of thioether (sulfide) groups is 1. The van der Waals surface area contributed by atoms with Crippen molar-refractivity contribution >= 4 is 96.7 Å². The molecule has 0 unspecified atom stereocenters. The van der Waals surface area contributed by atoms with Crippen LogP contribution in [-0.2, 0) is 4.79 Å². The van der Waals surface area contributed by atoms with Gasteiger partial charge in [0.05, 0.1) is 30.9 Å². The van der Waals surface area contributed by atoms with Crippen molar-refractivity contribution in [2.75, 3.05) is 19.6 Å². The topological polar surface area (TPSA) is 66.7 Å². The number of thiophene rings is 1. The predicted molar refractivity (Wildman–Crippen MR) is 154 cm³/mol. The molecule has 6 nitrogen and oxygen atoms in total. The van der Waals surface area contributed by atoms with Gasteiger partial charge in [0.25, 0.3) is 11.8 Å². The molecule has 2 aliphatic rings. The highest BCUT2D eigenvalue weighted by molar-refractivity contribution is 9.50. The Bertz CT molecular complexity index is 1260. The molecule has 35 heavy (non-hydrogen) atoms. The minimum absolute atomic E-state index is 0.0298. The average molecular weight is 675 g/mol. The third-order valence-electron chi connectivity index (χ3n) is 6.24. The zero-order chi connectivity index (χ0) is 24.4. The summed E-state index contributed by atoms with van der Waals surface area (Å²) in [6.45, 7) is 2.25. The number of halogens is 2. The second kappa shape index (κ2) is 11.6. The average Bonchev–Trinajstić information content (AvgIpc) is 3.51. The van der Waals surface area contributed by atoms with Gasteiger partial charge in [-0.15, -0.1) is 11.3 Å². The number of piperidine rings is 1. The molecule has 1 saturated heterocycles. The lowest BCUT2D eigenvalue weighted by atomic mass is 9.92. The smallest absolute Gasteiger partial charge is 0.264 e. The number of pyridine rings is 1. The van der Waals surface area contributed by atoms with E-state index in [1.807, 2.05) is 35.2 Å². The summed E-state index contributed by atoms with van der Waals surface area (Å²) in [5.41, 5.74) is 1.84. The van der Waals surface area contributed by atoms with Crippen LogP contribution in [0.4, 0.5) is 0 Å². The Morgan fingerprint density at radius 2 is 2.03 bits per heavy atom. The first-order valence-corrected chi connectivity index (χ1v) is 18.2. The maximum absolute atomic E-state index is 12.9. The molecule has 0 radical (unpaired) electrons. The van der Waals surface area contributed by atoms with Crippen molar-refractivity contribution in [3.05, 3.63) is 45.9 Å². The maximum atomic E-state index is 12.9. The van der Waals surface area contributed by atoms with E-state index >= 15 is 0 Å². The number of hydrogen-bond acceptors (Lipinski definition) is 7. The van der Waals surface area contributed by atoms with E-state index in [4.69, 9.17) is 0 Å². The quantitative estimate of drug-likeness (QED) is 0.258. The Labute approximate surface area is 235 Å². The molecule has 12 heteroatoms. The minimum atomic E-state index is -0.0298. The third-order valence-corrected chi connectivity index (χ3v) is 12.5. The van der Waals surface area contributed by atoms with Gasteiger partial charge in [-0.05, 0) is 106 Å². The highest BCUT2D eigenvalue weighted by Gasteiger charge is 2.26. The van der Waals surface area contributed by atoms with Crippen molar-refractivity contribution in [2.24, 2.45) is 5.92 Å². The molecule has 2 amide bonds. The molecule has 1 N–H and O–H groups in total. The van der Waals surface area contributed by atoms with Crippen LogP contribution in [0.2, 0.25) is 0 Å². The highest BCUT2D eigenvalue weighted by Crippen LogP contribution is 2.43. The maximum Gasteiger partial charge on any atom is 0.264 e. The Hall–Kier alpha value is -0.920. The van der Waals surface area contributed by atoms with E-state index in [-0.39, 0.29) is 11.8 Å². The first kappa shape index (κ1) is 25.7. The van der Waals surface area contributed by atoms with Crippen molar-refractivity contribution in [3.8, 4) is 0 Å². The summed E-state index contributed by atoms with van der Waals surface area (Å²) in [7, 11) is 2.98. The van der Waals surface area contributed by atoms with Gasteiger partial charge >= 0.3 is 0 Å². The molecule has 0 aromatic carbocycles. The molecule has 5 rings (SSSR count). The monoisotopic (exact) mass is 672 g/mol. The van der Waals surface area contributed by atoms with Crippen LogP contribution < -0.4 is 5.32 Å². The van der Waals surface area contributed by atoms with Crippen LogP contribution in [-0.4, -0.2) is 45.7 Å². The lowest BCUT2D eigenvalue weighted by molar-refractivity contribution is -0.116. The summed E-state index contributed by atoms with van der Waals surface area (Å²) in [5, 5.41) is 4.09. The number of rotatable bonds is 8. The first-order valence-electron chi connectivity index (χ1n) is 11.2. The summed E-state index contributed by atoms with van der Waals surface area (Å²) in [5.74, 6) is 0.696. The lowest BCUT2D eigenvalue weighted by Gasteiger charge is -2.31. The van der Waals surface area contributed by atoms with Crippen molar-refractivity contribution in [3.63, 3.8) is 0 Å². The molecule has 0 aliphatic carbocycles. The number of nitrogens with zero attached hydrogens (tertiary/aromatic N) is 3. The summed E-state index contributed by atoms with van der Waals surface area (Å²) in [4.78, 5) is 34.6. The SMILES string of the molecule is O=C(NCCCC1CCN(C(=O)c2cc(SBr)c(SBr)s2)CC1)C1=Cc2cnc3cccc(n23)S1. The first-order chi connectivity index (χ1) is 17.1. The highest BCUT2D eigenvalue weighted by atomic mass is 79.9. The summed E-state index contributed by atoms with van der Waals surface area (Å²) >= 11 is 9.86. The van der Waals surface area contributed by atoms with Crippen LogP contribution in [0.15, 0.2) is 49.5 Å². The Morgan fingerprint density at radius 1 is 1.20 bits per heavy atom. The molecule has 5 heterocycles. The molecule has 0 atom stereocenters. The molecular weight excluding hydrogens is 652 g/mol. The fourth-order valence-electron chi connectivity index (χ4n) is 4.43. The molecule has 184 valence electrons. The Kier molecular flexibility index (Phi) is 8.55. The zero-order valence-corrected chi connectivity index (χ0v) is 25.0. The molecule has 1 fully saturated rings. The van der Waals surface area contributed by atoms with Gasteiger partial charge in [-0.1, -0.05) is 17.8 Å². The molecule has 3 aromatic heterocycles. The number of carbonyl (C=O) groups is 2. The zero-order valence-electron chi connectivity index (χ0n) is 18.5. The summed E-state index contributed by atoms with van der Waals surface area (Å²) in [6.07, 6.45) is 7.75. The minimum Gasteiger partial charge on any atom is -0.352 e. The van der Waals surface area contributed by atoms with E-state index < -0.39 is 0 Å². The van der Waals surface area contributed by atoms with Gasteiger partial charge in [0, 0.05) is 24.5 Å². The molecule has 2 aliphatic heterocycles. The second-order valence-corrected chi connectivity index (χ2v) is 13.9. The normalized spacial score (nSPS) is 15.9. The van der Waals surface area contributed by atoms with Crippen LogP contribution >= 0.6 is 73.1 Å². The van der Waals surface area contributed by atoms with Crippen molar-refractivity contribution in [1.82, 2.24) is 19.6 Å². The van der Waals surface area contributed by atoms with Gasteiger partial charge in [-0.25, -0.2) is 4.98 Å². The van der Waals surface area contributed by atoms with Gasteiger partial charge < -0.3 is 10.2 Å². The lowest BCUT2D eigenvalue weighted by Crippen LogP contribution is -2.38. The molecule has 0 spiro atoms. The standard InChI is InChI=1S/C23H22Br2N4O2S4/c24-34-18-12-17(33-23(18)35-25)22(31)28-9-6-14(7-10-28)3-2-8-26-21(30)16-11-15-13-27-19-4-1-5-20(32-16)29(15)19/h1,4-5,11-14H,2-3,6-10H2,(H,26,30). The molecule has 0 bridgehead atoms. The number of carbonyl (C=O) groups excluding carboxylic acids is 2. The van der Waals surface area contributed by atoms with Crippen molar-refractivity contribution in [1.29, 1.82) is 0 Å². The van der Waals surface area contributed by atoms with Crippen molar-refractivity contribution in [2.45, 2.75) is 39.8 Å². The van der Waals surface area contributed by atoms with Crippen LogP contribution in [0.3, 0.4) is 0 Å². The van der Waals surface area contributed by atoms with Gasteiger partial charge in [0.1, 0.15) is 5.65 Å². The third kappa shape index (κ3) is 5.67. The molecule has 0 saturated carbocycles. The molecular formula is C23H22Br2N4O2S4. The largest absolute Gasteiger partial charge is 0.352 e. The number of imidazole rings is 1. The van der Waals surface area contributed by atoms with Crippen LogP contribution in [0, 0.1) is 5.92 Å². The van der Waals surface area contributed by atoms with Crippen molar-refractivity contribution < 1.29 is 9.59 Å². The number of hydrogen-bond donors (Lipinski definition) is 1. The number of aromatic nitrogens is 2. The number of amides is 2. The number of likely N-dealkylation sites (tertiary alicyclic amines) is 1. The van der Waals surface area contributed by atoms with Gasteiger partial charge in [-0.2, -0.15) is 0 Å². The fourth-order valence-corrected chi connectivity index (χ4v) is 10.4. The fraction of sp³-hybridized carbons (Fsp3) is 0.348. The van der Waals surface area contributed by atoms with E-state index in [0.717, 1.165) is 69.1 Å². The van der Waals surface area contributed by atoms with Crippen LogP contribution in [0.25, 0.3) is 11.7 Å². The van der Waals surface area contributed by atoms with Gasteiger partial charge in [-0.3, -0.25) is 14.0 Å². The molecule has 3 aromatic rings. The van der Waals surface area contributed by atoms with Crippen LogP contribution in [0.5, 0.6) is 0 Å². The second-order valence-electron chi connectivity index (χ2n) is 8.40. The number of nitrogens with one attached hydrogen (secondary N) is 1.